The maximum atomic E-state index is 12.6. The highest BCUT2D eigenvalue weighted by Gasteiger charge is 2.15. The maximum Gasteiger partial charge on any atom is 0.343 e. The summed E-state index contributed by atoms with van der Waals surface area (Å²) in [6.45, 7) is 0. The van der Waals surface area contributed by atoms with Gasteiger partial charge in [-0.3, -0.25) is 9.59 Å². The van der Waals surface area contributed by atoms with Crippen LogP contribution in [-0.4, -0.2) is 24.0 Å². The quantitative estimate of drug-likeness (QED) is 0.124. The van der Waals surface area contributed by atoms with E-state index in [-0.39, 0.29) is 10.8 Å². The fourth-order valence-corrected chi connectivity index (χ4v) is 3.50. The molecule has 0 saturated carbocycles. The van der Waals surface area contributed by atoms with Crippen molar-refractivity contribution in [1.29, 1.82) is 0 Å². The Bertz CT molecular complexity index is 1460. The van der Waals surface area contributed by atoms with E-state index in [2.05, 4.69) is 15.8 Å². The number of nitrogens with zero attached hydrogens (tertiary/aromatic N) is 1. The summed E-state index contributed by atoms with van der Waals surface area (Å²) in [6, 6.07) is 23.8. The Labute approximate surface area is 210 Å². The number of nitrogens with one attached hydrogen (secondary N) is 2. The van der Waals surface area contributed by atoms with Gasteiger partial charge in [-0.15, -0.1) is 0 Å². The zero-order chi connectivity index (χ0) is 24.8. The summed E-state index contributed by atoms with van der Waals surface area (Å²) in [5.74, 6) is -2.25. The number of hydrazone groups is 1. The Morgan fingerprint density at radius 3 is 2.31 bits per heavy atom. The van der Waals surface area contributed by atoms with Crippen LogP contribution in [0.4, 0.5) is 5.69 Å². The van der Waals surface area contributed by atoms with Crippen LogP contribution in [0.25, 0.3) is 10.8 Å². The highest BCUT2D eigenvalue weighted by atomic mass is 35.5. The minimum absolute atomic E-state index is 0.233. The van der Waals surface area contributed by atoms with Crippen LogP contribution in [0.3, 0.4) is 0 Å². The molecule has 0 heterocycles. The number of ether oxygens (including phenoxy) is 1. The van der Waals surface area contributed by atoms with Gasteiger partial charge in [0.15, 0.2) is 0 Å². The molecule has 0 atom stereocenters. The first-order valence-electron chi connectivity index (χ1n) is 10.3. The van der Waals surface area contributed by atoms with Gasteiger partial charge in [0, 0.05) is 11.3 Å². The molecule has 2 N–H and O–H groups in total. The van der Waals surface area contributed by atoms with Crippen molar-refractivity contribution < 1.29 is 19.1 Å². The number of amides is 2. The summed E-state index contributed by atoms with van der Waals surface area (Å²) >= 11 is 11.8. The molecule has 9 heteroatoms. The highest BCUT2D eigenvalue weighted by Crippen LogP contribution is 2.28. The van der Waals surface area contributed by atoms with Crippen molar-refractivity contribution in [3.05, 3.63) is 106 Å². The van der Waals surface area contributed by atoms with Crippen LogP contribution in [0.1, 0.15) is 15.9 Å². The average Bonchev–Trinajstić information content (AvgIpc) is 2.87. The first-order valence-corrected chi connectivity index (χ1v) is 11.1. The van der Waals surface area contributed by atoms with Crippen LogP contribution in [0.5, 0.6) is 5.75 Å². The van der Waals surface area contributed by atoms with E-state index >= 15 is 0 Å². The molecule has 0 bridgehead atoms. The number of carbonyl (C=O) groups excluding carboxylic acids is 3. The average molecular weight is 506 g/mol. The number of hydrogen-bond acceptors (Lipinski definition) is 5. The van der Waals surface area contributed by atoms with Gasteiger partial charge < -0.3 is 10.1 Å². The summed E-state index contributed by atoms with van der Waals surface area (Å²) in [7, 11) is 0. The molecular weight excluding hydrogens is 489 g/mol. The molecule has 0 unspecified atom stereocenters. The Morgan fingerprint density at radius 2 is 1.54 bits per heavy atom. The second-order valence-corrected chi connectivity index (χ2v) is 8.05. The van der Waals surface area contributed by atoms with Crippen LogP contribution in [0, 0.1) is 0 Å². The van der Waals surface area contributed by atoms with Crippen molar-refractivity contribution in [2.24, 2.45) is 5.10 Å². The third kappa shape index (κ3) is 5.84. The number of anilines is 1. The predicted octanol–water partition coefficient (Wildman–Crippen LogP) is 5.45. The van der Waals surface area contributed by atoms with Crippen molar-refractivity contribution >= 4 is 63.7 Å². The summed E-state index contributed by atoms with van der Waals surface area (Å²) in [6.07, 6.45) is 1.32. The normalized spacial score (nSPS) is 10.8. The van der Waals surface area contributed by atoms with Crippen LogP contribution < -0.4 is 15.5 Å². The Hall–Kier alpha value is -4.20. The molecule has 2 amide bonds. The van der Waals surface area contributed by atoms with E-state index in [1.54, 1.807) is 36.4 Å². The molecule has 0 aliphatic heterocycles. The molecule has 4 aromatic rings. The van der Waals surface area contributed by atoms with E-state index in [0.717, 1.165) is 10.8 Å². The zero-order valence-corrected chi connectivity index (χ0v) is 19.5. The smallest absolute Gasteiger partial charge is 0.343 e. The lowest BCUT2D eigenvalue weighted by Gasteiger charge is -2.10. The van der Waals surface area contributed by atoms with E-state index in [9.17, 15) is 14.4 Å². The summed E-state index contributed by atoms with van der Waals surface area (Å²) in [4.78, 5) is 37.0. The Morgan fingerprint density at radius 1 is 0.800 bits per heavy atom. The number of fused-ring (bicyclic) bond motifs is 1. The van der Waals surface area contributed by atoms with Gasteiger partial charge in [0.25, 0.3) is 0 Å². The Balaban J connectivity index is 1.53. The Kier molecular flexibility index (Phi) is 7.40. The van der Waals surface area contributed by atoms with Crippen molar-refractivity contribution in [2.75, 3.05) is 5.32 Å². The molecule has 0 radical (unpaired) electrons. The van der Waals surface area contributed by atoms with Crippen molar-refractivity contribution in [3.8, 4) is 5.75 Å². The van der Waals surface area contributed by atoms with Gasteiger partial charge in [-0.1, -0.05) is 71.7 Å². The molecule has 0 aliphatic rings. The molecule has 4 rings (SSSR count). The van der Waals surface area contributed by atoms with Gasteiger partial charge in [-0.25, -0.2) is 10.2 Å². The zero-order valence-electron chi connectivity index (χ0n) is 18.0. The molecule has 0 spiro atoms. The third-order valence-electron chi connectivity index (χ3n) is 4.89. The van der Waals surface area contributed by atoms with Crippen LogP contribution in [0.15, 0.2) is 90.0 Å². The van der Waals surface area contributed by atoms with Crippen LogP contribution >= 0.6 is 23.2 Å². The number of rotatable bonds is 5. The fourth-order valence-electron chi connectivity index (χ4n) is 3.20. The number of hydrogen-bond donors (Lipinski definition) is 2. The minimum atomic E-state index is -1.00. The van der Waals surface area contributed by atoms with Crippen LogP contribution in [0.2, 0.25) is 10.0 Å². The minimum Gasteiger partial charge on any atom is -0.422 e. The first-order chi connectivity index (χ1) is 16.9. The first kappa shape index (κ1) is 23.9. The van der Waals surface area contributed by atoms with Gasteiger partial charge in [0.2, 0.25) is 0 Å². The second-order valence-electron chi connectivity index (χ2n) is 7.24. The molecule has 35 heavy (non-hydrogen) atoms. The van der Waals surface area contributed by atoms with Gasteiger partial charge >= 0.3 is 17.8 Å². The predicted molar refractivity (Wildman–Crippen MR) is 136 cm³/mol. The molecule has 4 aromatic carbocycles. The van der Waals surface area contributed by atoms with Gasteiger partial charge in [-0.2, -0.15) is 5.10 Å². The summed E-state index contributed by atoms with van der Waals surface area (Å²) in [5, 5.41) is 8.47. The highest BCUT2D eigenvalue weighted by molar-refractivity contribution is 6.43. The van der Waals surface area contributed by atoms with Gasteiger partial charge in [0.1, 0.15) is 5.75 Å². The lowest BCUT2D eigenvalue weighted by molar-refractivity contribution is -0.136. The molecule has 0 saturated heterocycles. The SMILES string of the molecule is O=C(NN=Cc1c(OC(=O)c2ccccc2)ccc2ccccc12)C(=O)Nc1ccc(Cl)c(Cl)c1. The monoisotopic (exact) mass is 505 g/mol. The molecule has 0 fully saturated rings. The number of benzene rings is 4. The fraction of sp³-hybridized carbons (Fsp3) is 0. The van der Waals surface area contributed by atoms with E-state index in [0.29, 0.717) is 21.8 Å². The third-order valence-corrected chi connectivity index (χ3v) is 5.63. The van der Waals surface area contributed by atoms with E-state index in [1.165, 1.54) is 24.4 Å². The molecule has 0 aromatic heterocycles. The summed E-state index contributed by atoms with van der Waals surface area (Å²) in [5.41, 5.74) is 3.31. The van der Waals surface area contributed by atoms with E-state index < -0.39 is 17.8 Å². The number of esters is 1. The number of carbonyl (C=O) groups is 3. The molecule has 7 nitrogen and oxygen atoms in total. The van der Waals surface area contributed by atoms with Gasteiger partial charge in [0.05, 0.1) is 21.8 Å². The van der Waals surface area contributed by atoms with E-state index in [4.69, 9.17) is 27.9 Å². The van der Waals surface area contributed by atoms with Crippen molar-refractivity contribution in [3.63, 3.8) is 0 Å². The lowest BCUT2D eigenvalue weighted by atomic mass is 10.0. The molecule has 174 valence electrons. The van der Waals surface area contributed by atoms with Crippen molar-refractivity contribution in [1.82, 2.24) is 5.43 Å². The van der Waals surface area contributed by atoms with Crippen LogP contribution in [-0.2, 0) is 9.59 Å². The molecule has 0 aliphatic carbocycles. The number of halogens is 2. The maximum absolute atomic E-state index is 12.6. The second kappa shape index (κ2) is 10.8. The lowest BCUT2D eigenvalue weighted by Crippen LogP contribution is -2.32. The van der Waals surface area contributed by atoms with Gasteiger partial charge in [-0.05, 0) is 47.2 Å². The van der Waals surface area contributed by atoms with E-state index in [1.807, 2.05) is 30.3 Å². The standard InChI is InChI=1S/C26H17Cl2N3O4/c27-21-12-11-18(14-22(21)28)30-24(32)25(33)31-29-15-20-19-9-5-4-6-16(19)10-13-23(20)35-26(34)17-7-2-1-3-8-17/h1-15H,(H,30,32)(H,31,33). The topological polar surface area (TPSA) is 96.9 Å². The molecular formula is C26H17Cl2N3O4. The van der Waals surface area contributed by atoms with Crippen molar-refractivity contribution in [2.45, 2.75) is 0 Å². The summed E-state index contributed by atoms with van der Waals surface area (Å²) < 4.78 is 5.60. The largest absolute Gasteiger partial charge is 0.422 e.